The van der Waals surface area contributed by atoms with Crippen LogP contribution in [0.4, 0.5) is 17.5 Å². The number of para-hydroxylation sites is 1. The largest absolute Gasteiger partial charge is 0.394 e. The predicted octanol–water partition coefficient (Wildman–Crippen LogP) is 2.85. The molecule has 2 aromatic heterocycles. The van der Waals surface area contributed by atoms with Gasteiger partial charge in [0, 0.05) is 48.2 Å². The third-order valence-corrected chi connectivity index (χ3v) is 4.00. The van der Waals surface area contributed by atoms with Crippen LogP contribution in [0.15, 0.2) is 54.9 Å². The second-order valence-corrected chi connectivity index (χ2v) is 6.17. The summed E-state index contributed by atoms with van der Waals surface area (Å²) in [4.78, 5) is 23.7. The van der Waals surface area contributed by atoms with Crippen molar-refractivity contribution in [1.29, 1.82) is 0 Å². The standard InChI is InChI=1S/C19H20N6O3/c1-13(12-26)22-19-23-16(14-6-8-20-9-7-14)10-18(24-19)21-11-15-4-2-3-5-17(15)25(27)28/h2-10,13,26H,11-12H2,1H3,(H2,21,22,23,24)/t13-/m1/s1. The molecule has 144 valence electrons. The van der Waals surface area contributed by atoms with E-state index in [1.165, 1.54) is 6.07 Å². The van der Waals surface area contributed by atoms with Gasteiger partial charge in [-0.2, -0.15) is 4.98 Å². The van der Waals surface area contributed by atoms with Gasteiger partial charge >= 0.3 is 0 Å². The summed E-state index contributed by atoms with van der Waals surface area (Å²) < 4.78 is 0. The van der Waals surface area contributed by atoms with Crippen molar-refractivity contribution in [2.24, 2.45) is 0 Å². The van der Waals surface area contributed by atoms with Crippen LogP contribution in [0.25, 0.3) is 11.3 Å². The van der Waals surface area contributed by atoms with Gasteiger partial charge in [-0.3, -0.25) is 15.1 Å². The van der Waals surface area contributed by atoms with Crippen molar-refractivity contribution in [1.82, 2.24) is 15.0 Å². The fourth-order valence-corrected chi connectivity index (χ4v) is 2.56. The van der Waals surface area contributed by atoms with Crippen molar-refractivity contribution in [3.05, 3.63) is 70.5 Å². The first-order chi connectivity index (χ1) is 13.6. The Morgan fingerprint density at radius 1 is 1.18 bits per heavy atom. The van der Waals surface area contributed by atoms with Gasteiger partial charge in [0.2, 0.25) is 5.95 Å². The van der Waals surface area contributed by atoms with Crippen molar-refractivity contribution < 1.29 is 10.0 Å². The summed E-state index contributed by atoms with van der Waals surface area (Å²) in [5.74, 6) is 0.855. The number of rotatable bonds is 8. The van der Waals surface area contributed by atoms with Gasteiger partial charge in [0.05, 0.1) is 17.2 Å². The molecule has 0 amide bonds. The molecule has 0 aliphatic carbocycles. The number of hydrogen-bond acceptors (Lipinski definition) is 8. The summed E-state index contributed by atoms with van der Waals surface area (Å²) in [5.41, 5.74) is 2.11. The minimum absolute atomic E-state index is 0.0469. The zero-order chi connectivity index (χ0) is 19.9. The smallest absolute Gasteiger partial charge is 0.274 e. The molecule has 0 unspecified atom stereocenters. The number of pyridine rings is 1. The number of benzene rings is 1. The Hall–Kier alpha value is -3.59. The van der Waals surface area contributed by atoms with Crippen LogP contribution >= 0.6 is 0 Å². The van der Waals surface area contributed by atoms with E-state index in [0.29, 0.717) is 23.0 Å². The lowest BCUT2D eigenvalue weighted by atomic mass is 10.1. The minimum atomic E-state index is -0.407. The number of nitro groups is 1. The Kier molecular flexibility index (Phi) is 6.07. The highest BCUT2D eigenvalue weighted by atomic mass is 16.6. The molecule has 0 aliphatic heterocycles. The summed E-state index contributed by atoms with van der Waals surface area (Å²) in [6, 6.07) is 11.7. The second-order valence-electron chi connectivity index (χ2n) is 6.17. The topological polar surface area (TPSA) is 126 Å². The quantitative estimate of drug-likeness (QED) is 0.402. The number of aromatic nitrogens is 3. The zero-order valence-electron chi connectivity index (χ0n) is 15.2. The Morgan fingerprint density at radius 2 is 1.93 bits per heavy atom. The van der Waals surface area contributed by atoms with E-state index in [1.54, 1.807) is 36.7 Å². The molecule has 0 saturated carbocycles. The van der Waals surface area contributed by atoms with Crippen LogP contribution < -0.4 is 10.6 Å². The summed E-state index contributed by atoms with van der Waals surface area (Å²) in [6.45, 7) is 1.98. The summed E-state index contributed by atoms with van der Waals surface area (Å²) in [7, 11) is 0. The number of aliphatic hydroxyl groups excluding tert-OH is 1. The fraction of sp³-hybridized carbons (Fsp3) is 0.211. The van der Waals surface area contributed by atoms with Crippen molar-refractivity contribution in [2.45, 2.75) is 19.5 Å². The molecular formula is C19H20N6O3. The van der Waals surface area contributed by atoms with E-state index in [0.717, 1.165) is 5.56 Å². The molecule has 0 bridgehead atoms. The van der Waals surface area contributed by atoms with E-state index in [9.17, 15) is 15.2 Å². The van der Waals surface area contributed by atoms with Gasteiger partial charge in [-0.1, -0.05) is 18.2 Å². The first-order valence-corrected chi connectivity index (χ1v) is 8.70. The Balaban J connectivity index is 1.89. The first kappa shape index (κ1) is 19.2. The summed E-state index contributed by atoms with van der Waals surface area (Å²) in [5, 5.41) is 26.6. The molecule has 3 N–H and O–H groups in total. The third kappa shape index (κ3) is 4.77. The molecule has 28 heavy (non-hydrogen) atoms. The summed E-state index contributed by atoms with van der Waals surface area (Å²) in [6.07, 6.45) is 3.34. The van der Waals surface area contributed by atoms with Crippen LogP contribution in [0.1, 0.15) is 12.5 Å². The minimum Gasteiger partial charge on any atom is -0.394 e. The number of nitrogens with zero attached hydrogens (tertiary/aromatic N) is 4. The van der Waals surface area contributed by atoms with Gasteiger partial charge in [0.15, 0.2) is 0 Å². The number of nitrogens with one attached hydrogen (secondary N) is 2. The first-order valence-electron chi connectivity index (χ1n) is 8.70. The van der Waals surface area contributed by atoms with Gasteiger partial charge in [-0.25, -0.2) is 4.98 Å². The van der Waals surface area contributed by atoms with Gasteiger partial charge in [-0.15, -0.1) is 0 Å². The molecular weight excluding hydrogens is 360 g/mol. The van der Waals surface area contributed by atoms with E-state index in [4.69, 9.17) is 0 Å². The van der Waals surface area contributed by atoms with E-state index in [2.05, 4.69) is 25.6 Å². The second kappa shape index (κ2) is 8.87. The van der Waals surface area contributed by atoms with E-state index < -0.39 is 4.92 Å². The lowest BCUT2D eigenvalue weighted by Crippen LogP contribution is -2.21. The van der Waals surface area contributed by atoms with Gasteiger partial charge < -0.3 is 15.7 Å². The SMILES string of the molecule is C[C@H](CO)Nc1nc(NCc2ccccc2[N+](=O)[O-])cc(-c2ccncc2)n1. The molecule has 3 rings (SSSR count). The van der Waals surface area contributed by atoms with Crippen molar-refractivity contribution in [3.63, 3.8) is 0 Å². The van der Waals surface area contributed by atoms with Crippen LogP contribution in [0.3, 0.4) is 0 Å². The molecule has 0 fully saturated rings. The molecule has 1 aromatic carbocycles. The van der Waals surface area contributed by atoms with E-state index in [1.807, 2.05) is 19.1 Å². The van der Waals surface area contributed by atoms with Gasteiger partial charge in [0.25, 0.3) is 5.69 Å². The van der Waals surface area contributed by atoms with Crippen molar-refractivity contribution in [3.8, 4) is 11.3 Å². The molecule has 0 spiro atoms. The average molecular weight is 380 g/mol. The van der Waals surface area contributed by atoms with E-state index in [-0.39, 0.29) is 24.9 Å². The molecule has 2 heterocycles. The number of aliphatic hydroxyl groups is 1. The lowest BCUT2D eigenvalue weighted by Gasteiger charge is -2.14. The molecule has 0 saturated heterocycles. The monoisotopic (exact) mass is 380 g/mol. The highest BCUT2D eigenvalue weighted by Gasteiger charge is 2.13. The van der Waals surface area contributed by atoms with Crippen LogP contribution in [-0.4, -0.2) is 37.6 Å². The van der Waals surface area contributed by atoms with Crippen LogP contribution in [-0.2, 0) is 6.54 Å². The highest BCUT2D eigenvalue weighted by molar-refractivity contribution is 5.64. The van der Waals surface area contributed by atoms with Crippen LogP contribution in [0, 0.1) is 10.1 Å². The van der Waals surface area contributed by atoms with Gasteiger partial charge in [-0.05, 0) is 19.1 Å². The summed E-state index contributed by atoms with van der Waals surface area (Å²) >= 11 is 0. The normalized spacial score (nSPS) is 11.6. The fourth-order valence-electron chi connectivity index (χ4n) is 2.56. The third-order valence-electron chi connectivity index (χ3n) is 4.00. The van der Waals surface area contributed by atoms with Gasteiger partial charge in [0.1, 0.15) is 5.82 Å². The lowest BCUT2D eigenvalue weighted by molar-refractivity contribution is -0.385. The Bertz CT molecular complexity index is 951. The van der Waals surface area contributed by atoms with Crippen molar-refractivity contribution in [2.75, 3.05) is 17.2 Å². The molecule has 9 nitrogen and oxygen atoms in total. The van der Waals surface area contributed by atoms with Crippen LogP contribution in [0.5, 0.6) is 0 Å². The number of hydrogen-bond donors (Lipinski definition) is 3. The molecule has 0 aliphatic rings. The average Bonchev–Trinajstić information content (AvgIpc) is 2.72. The van der Waals surface area contributed by atoms with Crippen LogP contribution in [0.2, 0.25) is 0 Å². The maximum absolute atomic E-state index is 11.2. The molecule has 0 radical (unpaired) electrons. The predicted molar refractivity (Wildman–Crippen MR) is 106 cm³/mol. The Morgan fingerprint density at radius 3 is 2.64 bits per heavy atom. The number of nitro benzene ring substituents is 1. The maximum Gasteiger partial charge on any atom is 0.274 e. The Labute approximate surface area is 161 Å². The molecule has 1 atom stereocenters. The zero-order valence-corrected chi connectivity index (χ0v) is 15.2. The molecule has 9 heteroatoms. The highest BCUT2D eigenvalue weighted by Crippen LogP contribution is 2.23. The number of anilines is 2. The molecule has 3 aromatic rings. The maximum atomic E-state index is 11.2. The van der Waals surface area contributed by atoms with Crippen molar-refractivity contribution >= 4 is 17.5 Å². The van der Waals surface area contributed by atoms with E-state index >= 15 is 0 Å².